The summed E-state index contributed by atoms with van der Waals surface area (Å²) in [5.41, 5.74) is 7.41. The molecule has 1 aliphatic heterocycles. The van der Waals surface area contributed by atoms with Gasteiger partial charge >= 0.3 is 0 Å². The minimum absolute atomic E-state index is 0.0172. The van der Waals surface area contributed by atoms with Crippen molar-refractivity contribution in [3.8, 4) is 0 Å². The standard InChI is InChI=1S/C15H22N2O2/c1-9-10(2)19-11(3)14(9)15(18)17-8-12-4-6-13(16)7-5-12/h4-7,9-11,14H,8,16H2,1-3H3,(H,17,18). The number of carbonyl (C=O) groups excluding carboxylic acids is 1. The van der Waals surface area contributed by atoms with Gasteiger partial charge in [-0.3, -0.25) is 4.79 Å². The highest BCUT2D eigenvalue weighted by molar-refractivity contribution is 5.79. The van der Waals surface area contributed by atoms with Gasteiger partial charge in [-0.05, 0) is 37.5 Å². The lowest BCUT2D eigenvalue weighted by atomic mass is 9.89. The first kappa shape index (κ1) is 13.9. The highest BCUT2D eigenvalue weighted by Gasteiger charge is 2.41. The number of carbonyl (C=O) groups is 1. The van der Waals surface area contributed by atoms with E-state index in [1.165, 1.54) is 0 Å². The van der Waals surface area contributed by atoms with Crippen molar-refractivity contribution in [2.24, 2.45) is 11.8 Å². The summed E-state index contributed by atoms with van der Waals surface area (Å²) < 4.78 is 5.70. The molecule has 1 fully saturated rings. The maximum atomic E-state index is 12.2. The molecule has 19 heavy (non-hydrogen) atoms. The van der Waals surface area contributed by atoms with Crippen LogP contribution in [0.2, 0.25) is 0 Å². The Morgan fingerprint density at radius 3 is 2.37 bits per heavy atom. The van der Waals surface area contributed by atoms with E-state index >= 15 is 0 Å². The topological polar surface area (TPSA) is 64.3 Å². The predicted octanol–water partition coefficient (Wildman–Crippen LogP) is 1.94. The average Bonchev–Trinajstić information content (AvgIpc) is 2.62. The predicted molar refractivity (Wildman–Crippen MR) is 75.4 cm³/mol. The van der Waals surface area contributed by atoms with Crippen LogP contribution in [-0.2, 0) is 16.1 Å². The Hall–Kier alpha value is -1.55. The number of ether oxygens (including phenoxy) is 1. The fraction of sp³-hybridized carbons (Fsp3) is 0.533. The van der Waals surface area contributed by atoms with Gasteiger partial charge in [0, 0.05) is 12.2 Å². The monoisotopic (exact) mass is 262 g/mol. The molecule has 0 aliphatic carbocycles. The smallest absolute Gasteiger partial charge is 0.226 e. The third-order valence-corrected chi connectivity index (χ3v) is 3.99. The van der Waals surface area contributed by atoms with Gasteiger partial charge in [0.05, 0.1) is 18.1 Å². The van der Waals surface area contributed by atoms with Crippen LogP contribution in [-0.4, -0.2) is 18.1 Å². The molecule has 1 aromatic rings. The van der Waals surface area contributed by atoms with Crippen LogP contribution in [0.25, 0.3) is 0 Å². The van der Waals surface area contributed by atoms with Crippen LogP contribution in [0.3, 0.4) is 0 Å². The van der Waals surface area contributed by atoms with Gasteiger partial charge in [-0.25, -0.2) is 0 Å². The van der Waals surface area contributed by atoms with Crippen molar-refractivity contribution in [2.45, 2.75) is 39.5 Å². The highest BCUT2D eigenvalue weighted by Crippen LogP contribution is 2.32. The molecule has 0 aromatic heterocycles. The Morgan fingerprint density at radius 1 is 1.21 bits per heavy atom. The zero-order valence-corrected chi connectivity index (χ0v) is 11.7. The van der Waals surface area contributed by atoms with E-state index in [1.807, 2.05) is 38.1 Å². The highest BCUT2D eigenvalue weighted by atomic mass is 16.5. The van der Waals surface area contributed by atoms with E-state index in [2.05, 4.69) is 12.2 Å². The van der Waals surface area contributed by atoms with Crippen LogP contribution in [0.5, 0.6) is 0 Å². The number of anilines is 1. The first-order valence-electron chi connectivity index (χ1n) is 6.76. The lowest BCUT2D eigenvalue weighted by molar-refractivity contribution is -0.127. The summed E-state index contributed by atoms with van der Waals surface area (Å²) in [4.78, 5) is 12.2. The van der Waals surface area contributed by atoms with Crippen LogP contribution in [0.15, 0.2) is 24.3 Å². The SMILES string of the molecule is CC1OC(C)C(C(=O)NCc2ccc(N)cc2)C1C. The number of nitrogens with one attached hydrogen (secondary N) is 1. The molecule has 4 unspecified atom stereocenters. The van der Waals surface area contributed by atoms with Gasteiger partial charge in [0.2, 0.25) is 5.91 Å². The number of rotatable bonds is 3. The number of hydrogen-bond donors (Lipinski definition) is 2. The molecule has 1 amide bonds. The second-order valence-corrected chi connectivity index (χ2v) is 5.39. The second kappa shape index (κ2) is 5.61. The van der Waals surface area contributed by atoms with Crippen molar-refractivity contribution in [1.29, 1.82) is 0 Å². The molecule has 3 N–H and O–H groups in total. The largest absolute Gasteiger partial charge is 0.399 e. The molecule has 1 saturated heterocycles. The normalized spacial score (nSPS) is 30.3. The molecular formula is C15H22N2O2. The molecule has 2 rings (SSSR count). The molecule has 0 saturated carbocycles. The van der Waals surface area contributed by atoms with Gasteiger partial charge in [-0.15, -0.1) is 0 Å². The molecule has 4 heteroatoms. The van der Waals surface area contributed by atoms with E-state index in [4.69, 9.17) is 10.5 Å². The molecule has 1 aliphatic rings. The molecule has 4 nitrogen and oxygen atoms in total. The summed E-state index contributed by atoms with van der Waals surface area (Å²) >= 11 is 0. The Morgan fingerprint density at radius 2 is 1.84 bits per heavy atom. The van der Waals surface area contributed by atoms with Crippen LogP contribution >= 0.6 is 0 Å². The third kappa shape index (κ3) is 3.07. The lowest BCUT2D eigenvalue weighted by Crippen LogP contribution is -2.36. The summed E-state index contributed by atoms with van der Waals surface area (Å²) in [6.45, 7) is 6.59. The zero-order valence-electron chi connectivity index (χ0n) is 11.7. The molecule has 0 spiro atoms. The first-order chi connectivity index (χ1) is 8.99. The van der Waals surface area contributed by atoms with E-state index in [9.17, 15) is 4.79 Å². The number of hydrogen-bond acceptors (Lipinski definition) is 3. The minimum Gasteiger partial charge on any atom is -0.399 e. The van der Waals surface area contributed by atoms with Crippen LogP contribution in [0.1, 0.15) is 26.3 Å². The van der Waals surface area contributed by atoms with Gasteiger partial charge in [0.1, 0.15) is 0 Å². The molecule has 104 valence electrons. The maximum absolute atomic E-state index is 12.2. The fourth-order valence-corrected chi connectivity index (χ4v) is 2.66. The van der Waals surface area contributed by atoms with Crippen LogP contribution in [0.4, 0.5) is 5.69 Å². The molecule has 1 heterocycles. The lowest BCUT2D eigenvalue weighted by Gasteiger charge is -2.18. The molecular weight excluding hydrogens is 240 g/mol. The van der Waals surface area contributed by atoms with Crippen molar-refractivity contribution in [2.75, 3.05) is 5.73 Å². The molecule has 0 bridgehead atoms. The summed E-state index contributed by atoms with van der Waals surface area (Å²) in [7, 11) is 0. The van der Waals surface area contributed by atoms with Gasteiger partial charge in [0.25, 0.3) is 0 Å². The van der Waals surface area contributed by atoms with Crippen molar-refractivity contribution in [3.05, 3.63) is 29.8 Å². The van der Waals surface area contributed by atoms with E-state index in [1.54, 1.807) is 0 Å². The second-order valence-electron chi connectivity index (χ2n) is 5.39. The Kier molecular flexibility index (Phi) is 4.10. The summed E-state index contributed by atoms with van der Waals surface area (Å²) in [5.74, 6) is 0.256. The quantitative estimate of drug-likeness (QED) is 0.818. The summed E-state index contributed by atoms with van der Waals surface area (Å²) in [5, 5.41) is 2.98. The van der Waals surface area contributed by atoms with Gasteiger partial charge < -0.3 is 15.8 Å². The van der Waals surface area contributed by atoms with Crippen molar-refractivity contribution in [1.82, 2.24) is 5.32 Å². The summed E-state index contributed by atoms with van der Waals surface area (Å²) in [6.07, 6.45) is 0.124. The Bertz CT molecular complexity index is 444. The Labute approximate surface area is 114 Å². The molecule has 4 atom stereocenters. The van der Waals surface area contributed by atoms with Crippen molar-refractivity contribution < 1.29 is 9.53 Å². The van der Waals surface area contributed by atoms with E-state index < -0.39 is 0 Å². The van der Waals surface area contributed by atoms with Crippen LogP contribution < -0.4 is 11.1 Å². The number of nitrogens with two attached hydrogens (primary N) is 1. The Balaban J connectivity index is 1.92. The fourth-order valence-electron chi connectivity index (χ4n) is 2.66. The van der Waals surface area contributed by atoms with Crippen molar-refractivity contribution in [3.63, 3.8) is 0 Å². The van der Waals surface area contributed by atoms with Gasteiger partial charge in [-0.1, -0.05) is 19.1 Å². The van der Waals surface area contributed by atoms with Gasteiger partial charge in [-0.2, -0.15) is 0 Å². The maximum Gasteiger partial charge on any atom is 0.226 e. The van der Waals surface area contributed by atoms with E-state index in [0.29, 0.717) is 6.54 Å². The van der Waals surface area contributed by atoms with E-state index in [-0.39, 0.29) is 30.0 Å². The van der Waals surface area contributed by atoms with E-state index in [0.717, 1.165) is 11.3 Å². The molecule has 1 aromatic carbocycles. The first-order valence-corrected chi connectivity index (χ1v) is 6.76. The average molecular weight is 262 g/mol. The number of nitrogen functional groups attached to an aromatic ring is 1. The van der Waals surface area contributed by atoms with Gasteiger partial charge in [0.15, 0.2) is 0 Å². The summed E-state index contributed by atoms with van der Waals surface area (Å²) in [6, 6.07) is 7.54. The van der Waals surface area contributed by atoms with Crippen molar-refractivity contribution >= 4 is 11.6 Å². The molecule has 0 radical (unpaired) electrons. The number of amides is 1. The number of benzene rings is 1. The zero-order chi connectivity index (χ0) is 14.0. The third-order valence-electron chi connectivity index (χ3n) is 3.99. The van der Waals surface area contributed by atoms with Crippen LogP contribution in [0, 0.1) is 11.8 Å². The minimum atomic E-state index is -0.0659.